The zero-order valence-electron chi connectivity index (χ0n) is 21.8. The van der Waals surface area contributed by atoms with Crippen LogP contribution in [0.4, 0.5) is 0 Å². The number of Topliss-reactive ketones (excluding diaryl/α,β-unsaturated/α-hetero) is 1. The van der Waals surface area contributed by atoms with Crippen LogP contribution >= 0.6 is 0 Å². The Bertz CT molecular complexity index is 1220. The van der Waals surface area contributed by atoms with Gasteiger partial charge in [0.05, 0.1) is 23.5 Å². The van der Waals surface area contributed by atoms with Crippen molar-refractivity contribution in [1.82, 2.24) is 15.0 Å². The molecule has 1 aliphatic rings. The van der Waals surface area contributed by atoms with E-state index in [1.165, 1.54) is 6.39 Å². The largest absolute Gasteiger partial charge is 0.443 e. The molecule has 0 aliphatic carbocycles. The number of hydrogen-bond acceptors (Lipinski definition) is 7. The quantitative estimate of drug-likeness (QED) is 0.503. The van der Waals surface area contributed by atoms with Gasteiger partial charge in [-0.05, 0) is 30.7 Å². The molecule has 4 atom stereocenters. The van der Waals surface area contributed by atoms with Gasteiger partial charge in [0, 0.05) is 31.0 Å². The van der Waals surface area contributed by atoms with E-state index in [1.54, 1.807) is 11.0 Å². The molecule has 8 nitrogen and oxygen atoms in total. The molecule has 1 aliphatic heterocycles. The van der Waals surface area contributed by atoms with Crippen molar-refractivity contribution >= 4 is 11.7 Å². The molecular weight excluding hydrogens is 458 g/mol. The lowest BCUT2D eigenvalue weighted by Crippen LogP contribution is -2.46. The van der Waals surface area contributed by atoms with Crippen molar-refractivity contribution in [3.63, 3.8) is 0 Å². The summed E-state index contributed by atoms with van der Waals surface area (Å²) in [4.78, 5) is 32.9. The smallest absolute Gasteiger partial charge is 0.234 e. The van der Waals surface area contributed by atoms with E-state index in [-0.39, 0.29) is 37.0 Å². The third-order valence-corrected chi connectivity index (χ3v) is 6.97. The number of hydrogen-bond donors (Lipinski definition) is 1. The third kappa shape index (κ3) is 5.28. The first-order valence-corrected chi connectivity index (χ1v) is 12.4. The first kappa shape index (κ1) is 25.8. The van der Waals surface area contributed by atoms with E-state index in [0.29, 0.717) is 11.5 Å². The van der Waals surface area contributed by atoms with Crippen LogP contribution in [0.2, 0.25) is 0 Å². The first-order valence-electron chi connectivity index (χ1n) is 12.4. The molecule has 8 heteroatoms. The summed E-state index contributed by atoms with van der Waals surface area (Å²) in [6.45, 7) is 11.7. The number of aryl methyl sites for hydroxylation is 2. The molecule has 0 bridgehead atoms. The van der Waals surface area contributed by atoms with Crippen LogP contribution in [0, 0.1) is 19.3 Å². The van der Waals surface area contributed by atoms with Crippen LogP contribution in [0.25, 0.3) is 11.3 Å². The second kappa shape index (κ2) is 10.0. The number of aliphatic hydroxyl groups is 1. The van der Waals surface area contributed by atoms with Gasteiger partial charge >= 0.3 is 0 Å². The van der Waals surface area contributed by atoms with Crippen molar-refractivity contribution in [3.05, 3.63) is 59.4 Å². The average molecular weight is 494 g/mol. The topological polar surface area (TPSA) is 110 Å². The molecule has 1 aromatic carbocycles. The maximum absolute atomic E-state index is 13.8. The van der Waals surface area contributed by atoms with Gasteiger partial charge < -0.3 is 18.9 Å². The van der Waals surface area contributed by atoms with Gasteiger partial charge in [-0.25, -0.2) is 4.98 Å². The minimum absolute atomic E-state index is 0.0487. The van der Waals surface area contributed by atoms with E-state index in [4.69, 9.17) is 8.94 Å². The number of benzene rings is 1. The Labute approximate surface area is 211 Å². The Hall–Kier alpha value is -3.26. The lowest BCUT2D eigenvalue weighted by Gasteiger charge is -2.33. The molecule has 0 spiro atoms. The second-order valence-corrected chi connectivity index (χ2v) is 11.0. The van der Waals surface area contributed by atoms with E-state index in [9.17, 15) is 14.7 Å². The number of amides is 1. The number of carbonyl (C=O) groups is 2. The summed E-state index contributed by atoms with van der Waals surface area (Å²) in [5.74, 6) is 0.288. The van der Waals surface area contributed by atoms with Gasteiger partial charge in [0.1, 0.15) is 11.7 Å². The highest BCUT2D eigenvalue weighted by Gasteiger charge is 2.45. The molecule has 0 saturated carbocycles. The summed E-state index contributed by atoms with van der Waals surface area (Å²) < 4.78 is 10.9. The Morgan fingerprint density at radius 1 is 1.19 bits per heavy atom. The number of rotatable bonds is 7. The molecule has 3 heterocycles. The third-order valence-electron chi connectivity index (χ3n) is 6.97. The molecule has 0 radical (unpaired) electrons. The Kier molecular flexibility index (Phi) is 7.18. The van der Waals surface area contributed by atoms with Crippen LogP contribution in [0.15, 0.2) is 45.7 Å². The fourth-order valence-electron chi connectivity index (χ4n) is 5.06. The van der Waals surface area contributed by atoms with Crippen LogP contribution in [0.3, 0.4) is 0 Å². The second-order valence-electron chi connectivity index (χ2n) is 11.0. The highest BCUT2D eigenvalue weighted by Crippen LogP contribution is 2.39. The zero-order chi connectivity index (χ0) is 26.2. The molecule has 3 aromatic rings. The van der Waals surface area contributed by atoms with Gasteiger partial charge in [0.2, 0.25) is 5.91 Å². The first-order chi connectivity index (χ1) is 17.0. The number of aliphatic hydroxyl groups excluding tert-OH is 1. The number of β-amino-alcohol motifs (C(OH)–C–C–N with tert-alkyl or cyclic N) is 1. The number of likely N-dealkylation sites (tertiary alicyclic amines) is 1. The summed E-state index contributed by atoms with van der Waals surface area (Å²) in [5.41, 5.74) is 3.01. The number of nitrogens with zero attached hydrogens (tertiary/aromatic N) is 3. The van der Waals surface area contributed by atoms with Crippen LogP contribution in [-0.2, 0) is 9.59 Å². The van der Waals surface area contributed by atoms with E-state index < -0.39 is 23.5 Å². The van der Waals surface area contributed by atoms with E-state index >= 15 is 0 Å². The Morgan fingerprint density at radius 2 is 1.89 bits per heavy atom. The van der Waals surface area contributed by atoms with E-state index in [1.807, 2.05) is 65.8 Å². The molecule has 1 fully saturated rings. The molecule has 2 aromatic heterocycles. The molecule has 36 heavy (non-hydrogen) atoms. The van der Waals surface area contributed by atoms with E-state index in [2.05, 4.69) is 10.1 Å². The lowest BCUT2D eigenvalue weighted by atomic mass is 9.78. The summed E-state index contributed by atoms with van der Waals surface area (Å²) in [6.07, 6.45) is 1.20. The van der Waals surface area contributed by atoms with Crippen LogP contribution in [-0.4, -0.2) is 50.5 Å². The number of aromatic nitrogens is 2. The summed E-state index contributed by atoms with van der Waals surface area (Å²) in [7, 11) is 0. The average Bonchev–Trinajstić information content (AvgIpc) is 3.53. The maximum atomic E-state index is 13.8. The van der Waals surface area contributed by atoms with Crippen molar-refractivity contribution in [2.24, 2.45) is 5.41 Å². The maximum Gasteiger partial charge on any atom is 0.234 e. The SMILES string of the molecule is Cc1cc([C@H](C(=O)N2C[C@H](O)C[C@H]2C(=O)C[C@@H](C)c2ccc(-c3ocnc3C)cc2)C(C)(C)C)on1. The predicted octanol–water partition coefficient (Wildman–Crippen LogP) is 4.80. The van der Waals surface area contributed by atoms with Crippen LogP contribution < -0.4 is 0 Å². The molecule has 0 unspecified atom stereocenters. The summed E-state index contributed by atoms with van der Waals surface area (Å²) in [6, 6.07) is 9.01. The normalized spacial score (nSPS) is 19.9. The number of carbonyl (C=O) groups excluding carboxylic acids is 2. The molecule has 1 N–H and O–H groups in total. The summed E-state index contributed by atoms with van der Waals surface area (Å²) >= 11 is 0. The van der Waals surface area contributed by atoms with Gasteiger partial charge in [-0.15, -0.1) is 0 Å². The number of oxazole rings is 1. The van der Waals surface area contributed by atoms with Gasteiger partial charge in [-0.2, -0.15) is 0 Å². The highest BCUT2D eigenvalue weighted by molar-refractivity contribution is 5.92. The minimum Gasteiger partial charge on any atom is -0.443 e. The molecule has 192 valence electrons. The Balaban J connectivity index is 1.50. The fraction of sp³-hybridized carbons (Fsp3) is 0.500. The molecule has 1 amide bonds. The highest BCUT2D eigenvalue weighted by atomic mass is 16.5. The number of ketones is 1. The van der Waals surface area contributed by atoms with Crippen LogP contribution in [0.5, 0.6) is 0 Å². The fourth-order valence-corrected chi connectivity index (χ4v) is 5.06. The standard InChI is InChI=1S/C28H35N3O5/c1-16(19-7-9-20(10-8-19)26-18(3)29-15-35-26)11-23(33)22-13-21(32)14-31(22)27(34)25(28(4,5)6)24-12-17(2)30-36-24/h7-10,12,15-16,21-22,25,32H,11,13-14H2,1-6H3/t16-,21-,22+,25-/m1/s1. The van der Waals surface area contributed by atoms with Gasteiger partial charge in [-0.1, -0.05) is 57.1 Å². The van der Waals surface area contributed by atoms with Crippen molar-refractivity contribution in [1.29, 1.82) is 0 Å². The van der Waals surface area contributed by atoms with Crippen molar-refractivity contribution < 1.29 is 23.6 Å². The predicted molar refractivity (Wildman–Crippen MR) is 134 cm³/mol. The molecule has 1 saturated heterocycles. The lowest BCUT2D eigenvalue weighted by molar-refractivity contribution is -0.141. The van der Waals surface area contributed by atoms with Crippen molar-refractivity contribution in [3.8, 4) is 11.3 Å². The van der Waals surface area contributed by atoms with Gasteiger partial charge in [-0.3, -0.25) is 9.59 Å². The van der Waals surface area contributed by atoms with Gasteiger partial charge in [0.15, 0.2) is 17.9 Å². The minimum atomic E-state index is -0.736. The monoisotopic (exact) mass is 493 g/mol. The zero-order valence-corrected chi connectivity index (χ0v) is 21.8. The summed E-state index contributed by atoms with van der Waals surface area (Å²) in [5, 5.41) is 14.4. The van der Waals surface area contributed by atoms with Crippen LogP contribution in [0.1, 0.15) is 75.1 Å². The molecule has 4 rings (SSSR count). The Morgan fingerprint density at radius 3 is 2.44 bits per heavy atom. The molecular formula is C28H35N3O5. The van der Waals surface area contributed by atoms with Crippen molar-refractivity contribution in [2.45, 2.75) is 78.4 Å². The van der Waals surface area contributed by atoms with Gasteiger partial charge in [0.25, 0.3) is 0 Å². The van der Waals surface area contributed by atoms with E-state index in [0.717, 1.165) is 22.6 Å². The van der Waals surface area contributed by atoms with Crippen molar-refractivity contribution in [2.75, 3.05) is 6.54 Å².